The maximum absolute atomic E-state index is 12.4. The molecule has 0 aliphatic heterocycles. The number of hydrogen-bond acceptors (Lipinski definition) is 6. The minimum atomic E-state index is -2.75. The predicted molar refractivity (Wildman–Crippen MR) is 87.2 cm³/mol. The number of amides is 1. The number of rotatable bonds is 4. The molecule has 1 aromatic carbocycles. The van der Waals surface area contributed by atoms with Gasteiger partial charge in [-0.05, 0) is 18.2 Å². The molecule has 3 rings (SSSR count). The standard InChI is InChI=1S/C13H8BrF2N5O2S/c14-6-1-2-8-7(3-6)12(23)21(5-17-8)4-9(22)18-13-20-19-11(24-13)10(15)16/h1-3,5,10H,4H2,(H,18,20,22). The maximum Gasteiger partial charge on any atom is 0.291 e. The van der Waals surface area contributed by atoms with E-state index in [9.17, 15) is 18.4 Å². The molecule has 0 fully saturated rings. The predicted octanol–water partition coefficient (Wildman–Crippen LogP) is 2.59. The molecule has 0 saturated heterocycles. The van der Waals surface area contributed by atoms with E-state index < -0.39 is 17.3 Å². The number of fused-ring (bicyclic) bond motifs is 1. The van der Waals surface area contributed by atoms with E-state index in [0.29, 0.717) is 26.7 Å². The molecule has 2 heterocycles. The monoisotopic (exact) mass is 415 g/mol. The molecule has 124 valence electrons. The lowest BCUT2D eigenvalue weighted by atomic mass is 10.2. The Morgan fingerprint density at radius 3 is 2.88 bits per heavy atom. The molecule has 0 saturated carbocycles. The smallest absolute Gasteiger partial charge is 0.291 e. The number of halogens is 3. The summed E-state index contributed by atoms with van der Waals surface area (Å²) in [5.74, 6) is -0.592. The zero-order valence-electron chi connectivity index (χ0n) is 11.7. The molecule has 1 N–H and O–H groups in total. The highest BCUT2D eigenvalue weighted by Crippen LogP contribution is 2.25. The third-order valence-corrected chi connectivity index (χ3v) is 4.31. The lowest BCUT2D eigenvalue weighted by molar-refractivity contribution is -0.116. The van der Waals surface area contributed by atoms with Gasteiger partial charge in [-0.1, -0.05) is 27.3 Å². The Balaban J connectivity index is 1.80. The van der Waals surface area contributed by atoms with Gasteiger partial charge in [-0.2, -0.15) is 0 Å². The van der Waals surface area contributed by atoms with Gasteiger partial charge in [-0.25, -0.2) is 13.8 Å². The highest BCUT2D eigenvalue weighted by Gasteiger charge is 2.16. The van der Waals surface area contributed by atoms with Crippen LogP contribution in [0.3, 0.4) is 0 Å². The van der Waals surface area contributed by atoms with E-state index in [2.05, 4.69) is 36.4 Å². The summed E-state index contributed by atoms with van der Waals surface area (Å²) in [6, 6.07) is 5.04. The number of aromatic nitrogens is 4. The van der Waals surface area contributed by atoms with Crippen molar-refractivity contribution in [3.05, 3.63) is 44.4 Å². The van der Waals surface area contributed by atoms with Crippen molar-refractivity contribution in [1.82, 2.24) is 19.7 Å². The van der Waals surface area contributed by atoms with Crippen LogP contribution in [0.5, 0.6) is 0 Å². The Labute approximate surface area is 145 Å². The lowest BCUT2D eigenvalue weighted by Gasteiger charge is -2.06. The van der Waals surface area contributed by atoms with E-state index in [1.165, 1.54) is 6.33 Å². The number of hydrogen-bond donors (Lipinski definition) is 1. The number of nitrogens with one attached hydrogen (secondary N) is 1. The fraction of sp³-hybridized carbons (Fsp3) is 0.154. The highest BCUT2D eigenvalue weighted by atomic mass is 79.9. The molecular formula is C13H8BrF2N5O2S. The first-order valence-corrected chi connectivity index (χ1v) is 8.11. The molecule has 7 nitrogen and oxygen atoms in total. The van der Waals surface area contributed by atoms with Crippen LogP contribution in [0.2, 0.25) is 0 Å². The summed E-state index contributed by atoms with van der Waals surface area (Å²) in [5, 5.41) is 8.86. The van der Waals surface area contributed by atoms with Gasteiger partial charge in [-0.15, -0.1) is 10.2 Å². The molecular weight excluding hydrogens is 408 g/mol. The number of anilines is 1. The third kappa shape index (κ3) is 3.46. The summed E-state index contributed by atoms with van der Waals surface area (Å²) in [5.41, 5.74) is 0.118. The number of nitrogens with zero attached hydrogens (tertiary/aromatic N) is 4. The van der Waals surface area contributed by atoms with Crippen LogP contribution in [-0.4, -0.2) is 25.7 Å². The van der Waals surface area contributed by atoms with E-state index in [0.717, 1.165) is 4.57 Å². The molecule has 3 aromatic rings. The van der Waals surface area contributed by atoms with E-state index in [1.807, 2.05) is 0 Å². The largest absolute Gasteiger partial charge is 0.299 e. The summed E-state index contributed by atoms with van der Waals surface area (Å²) in [6.07, 6.45) is -1.50. The van der Waals surface area contributed by atoms with Crippen LogP contribution in [0, 0.1) is 0 Å². The summed E-state index contributed by atoms with van der Waals surface area (Å²) in [7, 11) is 0. The Bertz CT molecular complexity index is 974. The van der Waals surface area contributed by atoms with Gasteiger partial charge >= 0.3 is 0 Å². The first-order chi connectivity index (χ1) is 11.4. The normalized spacial score (nSPS) is 11.2. The average molecular weight is 416 g/mol. The van der Waals surface area contributed by atoms with E-state index in [1.54, 1.807) is 18.2 Å². The van der Waals surface area contributed by atoms with Crippen molar-refractivity contribution in [1.29, 1.82) is 0 Å². The number of benzene rings is 1. The van der Waals surface area contributed by atoms with Crippen molar-refractivity contribution < 1.29 is 13.6 Å². The zero-order valence-corrected chi connectivity index (χ0v) is 14.1. The van der Waals surface area contributed by atoms with Gasteiger partial charge in [0.05, 0.1) is 17.2 Å². The lowest BCUT2D eigenvalue weighted by Crippen LogP contribution is -2.27. The molecule has 0 unspecified atom stereocenters. The fourth-order valence-electron chi connectivity index (χ4n) is 1.93. The first kappa shape index (κ1) is 16.6. The second-order valence-electron chi connectivity index (χ2n) is 4.63. The van der Waals surface area contributed by atoms with Gasteiger partial charge < -0.3 is 0 Å². The second kappa shape index (κ2) is 6.69. The zero-order chi connectivity index (χ0) is 17.3. The number of carbonyl (C=O) groups excluding carboxylic acids is 1. The van der Waals surface area contributed by atoms with Gasteiger partial charge in [0.25, 0.3) is 12.0 Å². The van der Waals surface area contributed by atoms with E-state index in [-0.39, 0.29) is 17.2 Å². The van der Waals surface area contributed by atoms with Crippen LogP contribution >= 0.6 is 27.3 Å². The third-order valence-electron chi connectivity index (χ3n) is 2.97. The second-order valence-corrected chi connectivity index (χ2v) is 6.56. The molecule has 0 radical (unpaired) electrons. The van der Waals surface area contributed by atoms with E-state index >= 15 is 0 Å². The fourth-order valence-corrected chi connectivity index (χ4v) is 2.91. The summed E-state index contributed by atoms with van der Waals surface area (Å²) >= 11 is 3.85. The molecule has 1 amide bonds. The topological polar surface area (TPSA) is 89.8 Å². The van der Waals surface area contributed by atoms with Crippen molar-refractivity contribution in [2.45, 2.75) is 13.0 Å². The number of carbonyl (C=O) groups is 1. The first-order valence-electron chi connectivity index (χ1n) is 6.50. The van der Waals surface area contributed by atoms with Crippen LogP contribution in [0.15, 0.2) is 33.8 Å². The molecule has 0 aliphatic rings. The minimum absolute atomic E-state index is 0.0557. The molecule has 24 heavy (non-hydrogen) atoms. The molecule has 0 atom stereocenters. The van der Waals surface area contributed by atoms with Crippen LogP contribution in [-0.2, 0) is 11.3 Å². The minimum Gasteiger partial charge on any atom is -0.299 e. The Morgan fingerprint density at radius 2 is 2.17 bits per heavy atom. The van der Waals surface area contributed by atoms with Gasteiger partial charge in [0.15, 0.2) is 5.01 Å². The van der Waals surface area contributed by atoms with Crippen LogP contribution in [0.1, 0.15) is 11.4 Å². The SMILES string of the molecule is O=C(Cn1cnc2ccc(Br)cc2c1=O)Nc1nnc(C(F)F)s1. The average Bonchev–Trinajstić information content (AvgIpc) is 2.99. The molecule has 11 heteroatoms. The van der Waals surface area contributed by atoms with Crippen LogP contribution < -0.4 is 10.9 Å². The Morgan fingerprint density at radius 1 is 1.38 bits per heavy atom. The van der Waals surface area contributed by atoms with Crippen LogP contribution in [0.4, 0.5) is 13.9 Å². The van der Waals surface area contributed by atoms with Gasteiger partial charge in [0.1, 0.15) is 6.54 Å². The summed E-state index contributed by atoms with van der Waals surface area (Å²) in [4.78, 5) is 28.4. The van der Waals surface area contributed by atoms with E-state index in [4.69, 9.17) is 0 Å². The molecule has 0 bridgehead atoms. The summed E-state index contributed by atoms with van der Waals surface area (Å²) in [6.45, 7) is -0.322. The summed E-state index contributed by atoms with van der Waals surface area (Å²) < 4.78 is 26.7. The van der Waals surface area contributed by atoms with Crippen molar-refractivity contribution in [3.8, 4) is 0 Å². The van der Waals surface area contributed by atoms with Gasteiger partial charge in [0.2, 0.25) is 11.0 Å². The Hall–Kier alpha value is -2.27. The van der Waals surface area contributed by atoms with Gasteiger partial charge in [-0.3, -0.25) is 19.5 Å². The van der Waals surface area contributed by atoms with Crippen molar-refractivity contribution in [3.63, 3.8) is 0 Å². The maximum atomic E-state index is 12.4. The van der Waals surface area contributed by atoms with Gasteiger partial charge in [0, 0.05) is 4.47 Å². The quantitative estimate of drug-likeness (QED) is 0.706. The Kier molecular flexibility index (Phi) is 4.62. The van der Waals surface area contributed by atoms with Crippen molar-refractivity contribution >= 4 is 49.2 Å². The molecule has 0 spiro atoms. The highest BCUT2D eigenvalue weighted by molar-refractivity contribution is 9.10. The van der Waals surface area contributed by atoms with Crippen molar-refractivity contribution in [2.75, 3.05) is 5.32 Å². The number of alkyl halides is 2. The molecule has 0 aliphatic carbocycles. The molecule has 2 aromatic heterocycles. The van der Waals surface area contributed by atoms with Crippen LogP contribution in [0.25, 0.3) is 10.9 Å². The van der Waals surface area contributed by atoms with Crippen molar-refractivity contribution in [2.24, 2.45) is 0 Å².